The van der Waals surface area contributed by atoms with Crippen LogP contribution in [-0.2, 0) is 11.2 Å². The average Bonchev–Trinajstić information content (AvgIpc) is 3.35. The number of carbonyl (C=O) groups excluding carboxylic acids is 2. The molecule has 1 aliphatic rings. The molecule has 35 heavy (non-hydrogen) atoms. The van der Waals surface area contributed by atoms with Crippen molar-refractivity contribution in [1.29, 1.82) is 0 Å². The Morgan fingerprint density at radius 3 is 2.51 bits per heavy atom. The fourth-order valence-electron chi connectivity index (χ4n) is 5.11. The van der Waals surface area contributed by atoms with Crippen molar-refractivity contribution in [2.24, 2.45) is 0 Å². The van der Waals surface area contributed by atoms with Crippen LogP contribution in [0.3, 0.4) is 0 Å². The highest BCUT2D eigenvalue weighted by Gasteiger charge is 2.35. The van der Waals surface area contributed by atoms with Gasteiger partial charge in [0, 0.05) is 23.0 Å². The lowest BCUT2D eigenvalue weighted by Gasteiger charge is -2.38. The molecule has 3 aromatic carbocycles. The summed E-state index contributed by atoms with van der Waals surface area (Å²) in [5, 5.41) is 4.06. The second-order valence-electron chi connectivity index (χ2n) is 9.45. The molecule has 4 nitrogen and oxygen atoms in total. The summed E-state index contributed by atoms with van der Waals surface area (Å²) in [5.41, 5.74) is 4.16. The fourth-order valence-corrected chi connectivity index (χ4v) is 6.01. The van der Waals surface area contributed by atoms with E-state index < -0.39 is 0 Å². The van der Waals surface area contributed by atoms with Crippen LogP contribution in [0.5, 0.6) is 0 Å². The van der Waals surface area contributed by atoms with Crippen LogP contribution in [0.25, 0.3) is 10.8 Å². The summed E-state index contributed by atoms with van der Waals surface area (Å²) in [4.78, 5) is 32.6. The molecule has 0 fully saturated rings. The second-order valence-corrected chi connectivity index (χ2v) is 10.4. The van der Waals surface area contributed by atoms with E-state index in [4.69, 9.17) is 0 Å². The largest absolute Gasteiger partial charge is 0.330 e. The molecule has 1 atom stereocenters. The van der Waals surface area contributed by atoms with Crippen molar-refractivity contribution in [2.75, 3.05) is 13.1 Å². The van der Waals surface area contributed by atoms with Gasteiger partial charge in [0.15, 0.2) is 0 Å². The van der Waals surface area contributed by atoms with E-state index >= 15 is 0 Å². The number of nitrogens with zero attached hydrogens (tertiary/aromatic N) is 2. The first-order valence-corrected chi connectivity index (χ1v) is 13.0. The van der Waals surface area contributed by atoms with Crippen molar-refractivity contribution >= 4 is 33.9 Å². The first-order chi connectivity index (χ1) is 17.0. The SMILES string of the molecule is Cc1ccccc1C1c2ccsc2CCN1C(=O)CN(C(=O)c1cccc2ccccc12)C(C)C. The molecule has 0 aliphatic carbocycles. The van der Waals surface area contributed by atoms with E-state index in [1.165, 1.54) is 16.0 Å². The van der Waals surface area contributed by atoms with Gasteiger partial charge in [-0.25, -0.2) is 0 Å². The standard InChI is InChI=1S/C30H30N2O2S/c1-20(2)32(30(34)25-14-8-11-22-10-5-7-13-24(22)25)19-28(33)31-17-15-27-26(16-18-35-27)29(31)23-12-6-4-9-21(23)3/h4-14,16,18,20,29H,15,17,19H2,1-3H3. The quantitative estimate of drug-likeness (QED) is 0.338. The Labute approximate surface area is 210 Å². The molecule has 1 unspecified atom stereocenters. The molecular weight excluding hydrogens is 452 g/mol. The molecule has 0 spiro atoms. The monoisotopic (exact) mass is 482 g/mol. The highest BCUT2D eigenvalue weighted by Crippen LogP contribution is 2.39. The van der Waals surface area contributed by atoms with E-state index in [2.05, 4.69) is 30.5 Å². The van der Waals surface area contributed by atoms with Crippen molar-refractivity contribution in [2.45, 2.75) is 39.3 Å². The summed E-state index contributed by atoms with van der Waals surface area (Å²) >= 11 is 1.76. The first-order valence-electron chi connectivity index (χ1n) is 12.2. The van der Waals surface area contributed by atoms with Gasteiger partial charge in [-0.2, -0.15) is 0 Å². The molecule has 4 aromatic rings. The molecule has 2 amide bonds. The summed E-state index contributed by atoms with van der Waals surface area (Å²) in [6.07, 6.45) is 0.847. The molecule has 2 heterocycles. The van der Waals surface area contributed by atoms with Gasteiger partial charge in [0.1, 0.15) is 6.54 Å². The van der Waals surface area contributed by atoms with E-state index in [0.717, 1.165) is 22.8 Å². The highest BCUT2D eigenvalue weighted by molar-refractivity contribution is 7.10. The third kappa shape index (κ3) is 4.37. The average molecular weight is 483 g/mol. The molecule has 0 saturated carbocycles. The molecule has 1 aliphatic heterocycles. The number of carbonyl (C=O) groups is 2. The summed E-state index contributed by atoms with van der Waals surface area (Å²) in [5.74, 6) is -0.122. The Hall–Kier alpha value is -3.44. The van der Waals surface area contributed by atoms with E-state index in [1.807, 2.05) is 73.3 Å². The molecule has 0 saturated heterocycles. The van der Waals surface area contributed by atoms with E-state index in [-0.39, 0.29) is 30.4 Å². The molecule has 5 heteroatoms. The van der Waals surface area contributed by atoms with Crippen LogP contribution in [0.2, 0.25) is 0 Å². The molecule has 0 bridgehead atoms. The normalized spacial score (nSPS) is 15.3. The summed E-state index contributed by atoms with van der Waals surface area (Å²) in [6, 6.07) is 23.9. The second kappa shape index (κ2) is 9.67. The molecular formula is C30H30N2O2S. The van der Waals surface area contributed by atoms with Gasteiger partial charge in [-0.05, 0) is 72.2 Å². The summed E-state index contributed by atoms with van der Waals surface area (Å²) in [6.45, 7) is 6.76. The van der Waals surface area contributed by atoms with Crippen LogP contribution >= 0.6 is 11.3 Å². The number of hydrogen-bond donors (Lipinski definition) is 0. The van der Waals surface area contributed by atoms with Crippen molar-refractivity contribution < 1.29 is 9.59 Å². The summed E-state index contributed by atoms with van der Waals surface area (Å²) in [7, 11) is 0. The fraction of sp³-hybridized carbons (Fsp3) is 0.267. The van der Waals surface area contributed by atoms with Gasteiger partial charge in [0.25, 0.3) is 5.91 Å². The molecule has 0 radical (unpaired) electrons. The van der Waals surface area contributed by atoms with Crippen molar-refractivity contribution in [1.82, 2.24) is 9.80 Å². The van der Waals surface area contributed by atoms with Gasteiger partial charge in [-0.3, -0.25) is 9.59 Å². The van der Waals surface area contributed by atoms with Gasteiger partial charge >= 0.3 is 0 Å². The number of hydrogen-bond acceptors (Lipinski definition) is 3. The molecule has 5 rings (SSSR count). The van der Waals surface area contributed by atoms with Crippen LogP contribution in [0.1, 0.15) is 51.8 Å². The number of fused-ring (bicyclic) bond motifs is 2. The predicted molar refractivity (Wildman–Crippen MR) is 143 cm³/mol. The lowest BCUT2D eigenvalue weighted by Crippen LogP contribution is -2.48. The van der Waals surface area contributed by atoms with Crippen molar-refractivity contribution in [3.8, 4) is 0 Å². The lowest BCUT2D eigenvalue weighted by atomic mass is 9.90. The smallest absolute Gasteiger partial charge is 0.255 e. The zero-order chi connectivity index (χ0) is 24.5. The minimum Gasteiger partial charge on any atom is -0.330 e. The van der Waals surface area contributed by atoms with Crippen LogP contribution in [0.15, 0.2) is 78.2 Å². The molecule has 1 aromatic heterocycles. The maximum atomic E-state index is 13.9. The van der Waals surface area contributed by atoms with Gasteiger partial charge in [-0.1, -0.05) is 60.7 Å². The van der Waals surface area contributed by atoms with Crippen LogP contribution in [-0.4, -0.2) is 40.7 Å². The maximum Gasteiger partial charge on any atom is 0.255 e. The number of amides is 2. The topological polar surface area (TPSA) is 40.6 Å². The third-order valence-corrected chi connectivity index (χ3v) is 7.98. The van der Waals surface area contributed by atoms with E-state index in [0.29, 0.717) is 12.1 Å². The van der Waals surface area contributed by atoms with Crippen LogP contribution in [0.4, 0.5) is 0 Å². The number of benzene rings is 3. The Bertz CT molecular complexity index is 1380. The highest BCUT2D eigenvalue weighted by atomic mass is 32.1. The Kier molecular flexibility index (Phi) is 6.44. The molecule has 0 N–H and O–H groups in total. The van der Waals surface area contributed by atoms with Gasteiger partial charge in [0.05, 0.1) is 6.04 Å². The zero-order valence-electron chi connectivity index (χ0n) is 20.4. The third-order valence-electron chi connectivity index (χ3n) is 6.98. The molecule has 178 valence electrons. The lowest BCUT2D eigenvalue weighted by molar-refractivity contribution is -0.134. The zero-order valence-corrected chi connectivity index (χ0v) is 21.2. The van der Waals surface area contributed by atoms with Gasteiger partial charge in [0.2, 0.25) is 5.91 Å². The van der Waals surface area contributed by atoms with Crippen molar-refractivity contribution in [3.63, 3.8) is 0 Å². The number of aryl methyl sites for hydroxylation is 1. The Morgan fingerprint density at radius 1 is 0.971 bits per heavy atom. The minimum absolute atomic E-state index is 0.0163. The Balaban J connectivity index is 1.47. The van der Waals surface area contributed by atoms with E-state index in [1.54, 1.807) is 16.2 Å². The van der Waals surface area contributed by atoms with Crippen molar-refractivity contribution in [3.05, 3.63) is 105 Å². The van der Waals surface area contributed by atoms with Crippen LogP contribution in [0, 0.1) is 6.92 Å². The number of thiophene rings is 1. The summed E-state index contributed by atoms with van der Waals surface area (Å²) < 4.78 is 0. The minimum atomic E-state index is -0.125. The predicted octanol–water partition coefficient (Wildman–Crippen LogP) is 6.23. The van der Waals surface area contributed by atoms with Gasteiger partial charge in [-0.15, -0.1) is 11.3 Å². The Morgan fingerprint density at radius 2 is 1.71 bits per heavy atom. The van der Waals surface area contributed by atoms with Crippen LogP contribution < -0.4 is 0 Å². The van der Waals surface area contributed by atoms with E-state index in [9.17, 15) is 9.59 Å². The first kappa shape index (κ1) is 23.3. The number of rotatable bonds is 5. The van der Waals surface area contributed by atoms with Gasteiger partial charge < -0.3 is 9.80 Å². The maximum absolute atomic E-state index is 13.9.